The molecule has 1 aliphatic carbocycles. The summed E-state index contributed by atoms with van der Waals surface area (Å²) in [6.07, 6.45) is 4.08. The summed E-state index contributed by atoms with van der Waals surface area (Å²) < 4.78 is 5.39. The van der Waals surface area contributed by atoms with E-state index in [0.717, 1.165) is 42.4 Å². The topological polar surface area (TPSA) is 52.3 Å². The quantitative estimate of drug-likeness (QED) is 0.851. The van der Waals surface area contributed by atoms with Gasteiger partial charge < -0.3 is 10.5 Å². The van der Waals surface area contributed by atoms with Gasteiger partial charge in [0.05, 0.1) is 12.7 Å². The predicted octanol–water partition coefficient (Wildman–Crippen LogP) is 3.01. The lowest BCUT2D eigenvalue weighted by Crippen LogP contribution is -2.38. The van der Waals surface area contributed by atoms with Crippen LogP contribution in [-0.4, -0.2) is 18.9 Å². The summed E-state index contributed by atoms with van der Waals surface area (Å²) in [6.45, 7) is 3.98. The molecule has 2 rings (SSSR count). The van der Waals surface area contributed by atoms with E-state index >= 15 is 0 Å². The highest BCUT2D eigenvalue weighted by atomic mass is 16.5. The van der Waals surface area contributed by atoms with Gasteiger partial charge in [-0.2, -0.15) is 0 Å². The molecule has 0 aliphatic heterocycles. The lowest BCUT2D eigenvalue weighted by molar-refractivity contribution is 0.0867. The molecule has 0 bridgehead atoms. The summed E-state index contributed by atoms with van der Waals surface area (Å²) in [5.41, 5.74) is 8.94. The third-order valence-corrected chi connectivity index (χ3v) is 4.07. The van der Waals surface area contributed by atoms with Gasteiger partial charge in [0.15, 0.2) is 5.78 Å². The van der Waals surface area contributed by atoms with E-state index in [0.29, 0.717) is 5.75 Å². The number of benzene rings is 1. The molecule has 1 fully saturated rings. The Morgan fingerprint density at radius 2 is 1.95 bits per heavy atom. The van der Waals surface area contributed by atoms with E-state index in [-0.39, 0.29) is 17.7 Å². The van der Waals surface area contributed by atoms with Crippen LogP contribution in [0, 0.1) is 19.8 Å². The monoisotopic (exact) mass is 261 g/mol. The van der Waals surface area contributed by atoms with Crippen LogP contribution in [0.2, 0.25) is 0 Å². The fourth-order valence-corrected chi connectivity index (χ4v) is 3.08. The number of ketones is 1. The second kappa shape index (κ2) is 5.74. The zero-order chi connectivity index (χ0) is 14.0. The van der Waals surface area contributed by atoms with E-state index in [9.17, 15) is 4.79 Å². The van der Waals surface area contributed by atoms with Crippen molar-refractivity contribution in [2.24, 2.45) is 11.7 Å². The minimum Gasteiger partial charge on any atom is -0.496 e. The van der Waals surface area contributed by atoms with Crippen LogP contribution in [0.25, 0.3) is 0 Å². The average molecular weight is 261 g/mol. The molecule has 3 nitrogen and oxygen atoms in total. The van der Waals surface area contributed by atoms with Crippen molar-refractivity contribution in [3.05, 3.63) is 28.8 Å². The molecule has 0 amide bonds. The van der Waals surface area contributed by atoms with Gasteiger partial charge in [0.1, 0.15) is 5.75 Å². The van der Waals surface area contributed by atoms with Crippen LogP contribution in [0.5, 0.6) is 5.75 Å². The number of carbonyl (C=O) groups is 1. The van der Waals surface area contributed by atoms with Crippen LogP contribution < -0.4 is 10.5 Å². The normalized spacial score (nSPS) is 23.2. The third kappa shape index (κ3) is 2.81. The molecule has 3 heteroatoms. The van der Waals surface area contributed by atoms with Gasteiger partial charge in [0.2, 0.25) is 0 Å². The van der Waals surface area contributed by atoms with Crippen molar-refractivity contribution in [2.45, 2.75) is 45.6 Å². The number of aryl methyl sites for hydroxylation is 2. The predicted molar refractivity (Wildman–Crippen MR) is 76.7 cm³/mol. The van der Waals surface area contributed by atoms with E-state index in [4.69, 9.17) is 10.5 Å². The first-order valence-corrected chi connectivity index (χ1v) is 6.99. The summed E-state index contributed by atoms with van der Waals surface area (Å²) in [6, 6.07) is 3.95. The largest absolute Gasteiger partial charge is 0.496 e. The van der Waals surface area contributed by atoms with Crippen molar-refractivity contribution in [3.63, 3.8) is 0 Å². The molecule has 0 radical (unpaired) electrons. The number of ether oxygens (including phenoxy) is 1. The Labute approximate surface area is 115 Å². The highest BCUT2D eigenvalue weighted by Crippen LogP contribution is 2.32. The van der Waals surface area contributed by atoms with Crippen molar-refractivity contribution >= 4 is 5.78 Å². The summed E-state index contributed by atoms with van der Waals surface area (Å²) in [5.74, 6) is 0.783. The summed E-state index contributed by atoms with van der Waals surface area (Å²) in [4.78, 5) is 12.8. The Morgan fingerprint density at radius 3 is 2.58 bits per heavy atom. The molecule has 2 unspecified atom stereocenters. The second-order valence-electron chi connectivity index (χ2n) is 5.58. The first-order valence-electron chi connectivity index (χ1n) is 6.99. The molecule has 0 spiro atoms. The Hall–Kier alpha value is -1.35. The lowest BCUT2D eigenvalue weighted by atomic mass is 9.79. The average Bonchev–Trinajstić information content (AvgIpc) is 2.37. The SMILES string of the molecule is COc1cc(C)cc(C)c1C(=O)C1CCCCC1N. The van der Waals surface area contributed by atoms with Crippen molar-refractivity contribution in [1.82, 2.24) is 0 Å². The molecular weight excluding hydrogens is 238 g/mol. The minimum absolute atomic E-state index is 0.00772. The second-order valence-corrected chi connectivity index (χ2v) is 5.58. The zero-order valence-corrected chi connectivity index (χ0v) is 12.0. The highest BCUT2D eigenvalue weighted by molar-refractivity contribution is 6.02. The van der Waals surface area contributed by atoms with Gasteiger partial charge in [-0.05, 0) is 43.9 Å². The molecular formula is C16H23NO2. The smallest absolute Gasteiger partial charge is 0.171 e. The fourth-order valence-electron chi connectivity index (χ4n) is 3.08. The number of Topliss-reactive ketones (excluding diaryl/α,β-unsaturated/α-hetero) is 1. The van der Waals surface area contributed by atoms with Gasteiger partial charge in [-0.25, -0.2) is 0 Å². The van der Waals surface area contributed by atoms with Gasteiger partial charge in [-0.15, -0.1) is 0 Å². The molecule has 1 aromatic rings. The summed E-state index contributed by atoms with van der Waals surface area (Å²) in [7, 11) is 1.62. The molecule has 19 heavy (non-hydrogen) atoms. The zero-order valence-electron chi connectivity index (χ0n) is 12.0. The van der Waals surface area contributed by atoms with Crippen molar-refractivity contribution < 1.29 is 9.53 Å². The maximum absolute atomic E-state index is 12.8. The maximum Gasteiger partial charge on any atom is 0.171 e. The number of rotatable bonds is 3. The summed E-state index contributed by atoms with van der Waals surface area (Å²) in [5, 5.41) is 0. The van der Waals surface area contributed by atoms with Crippen molar-refractivity contribution in [3.8, 4) is 5.75 Å². The third-order valence-electron chi connectivity index (χ3n) is 4.07. The summed E-state index contributed by atoms with van der Waals surface area (Å²) >= 11 is 0. The number of nitrogens with two attached hydrogens (primary N) is 1. The minimum atomic E-state index is -0.0518. The number of methoxy groups -OCH3 is 1. The Morgan fingerprint density at radius 1 is 1.26 bits per heavy atom. The van der Waals surface area contributed by atoms with Gasteiger partial charge in [-0.1, -0.05) is 18.9 Å². The van der Waals surface area contributed by atoms with E-state index < -0.39 is 0 Å². The van der Waals surface area contributed by atoms with Crippen LogP contribution >= 0.6 is 0 Å². The van der Waals surface area contributed by atoms with Crippen LogP contribution in [0.15, 0.2) is 12.1 Å². The standard InChI is InChI=1S/C16H23NO2/c1-10-8-11(2)15(14(9-10)19-3)16(18)12-6-4-5-7-13(12)17/h8-9,12-13H,4-7,17H2,1-3H3. The molecule has 1 saturated carbocycles. The number of hydrogen-bond donors (Lipinski definition) is 1. The number of carbonyl (C=O) groups excluding carboxylic acids is 1. The van der Waals surface area contributed by atoms with Crippen LogP contribution in [-0.2, 0) is 0 Å². The van der Waals surface area contributed by atoms with E-state index in [1.54, 1.807) is 7.11 Å². The lowest BCUT2D eigenvalue weighted by Gasteiger charge is -2.28. The van der Waals surface area contributed by atoms with Crippen molar-refractivity contribution in [1.29, 1.82) is 0 Å². The maximum atomic E-state index is 12.8. The number of hydrogen-bond acceptors (Lipinski definition) is 3. The van der Waals surface area contributed by atoms with Gasteiger partial charge in [-0.3, -0.25) is 4.79 Å². The molecule has 2 N–H and O–H groups in total. The Balaban J connectivity index is 2.37. The van der Waals surface area contributed by atoms with E-state index in [2.05, 4.69) is 0 Å². The van der Waals surface area contributed by atoms with Gasteiger partial charge in [0.25, 0.3) is 0 Å². The fraction of sp³-hybridized carbons (Fsp3) is 0.562. The van der Waals surface area contributed by atoms with Gasteiger partial charge >= 0.3 is 0 Å². The molecule has 104 valence electrons. The molecule has 2 atom stereocenters. The molecule has 0 heterocycles. The first-order chi connectivity index (χ1) is 9.04. The van der Waals surface area contributed by atoms with Crippen LogP contribution in [0.3, 0.4) is 0 Å². The first kappa shape index (κ1) is 14.1. The van der Waals surface area contributed by atoms with Crippen LogP contribution in [0.4, 0.5) is 0 Å². The Bertz CT molecular complexity index is 482. The molecule has 1 aliphatic rings. The molecule has 0 saturated heterocycles. The highest BCUT2D eigenvalue weighted by Gasteiger charge is 2.31. The van der Waals surface area contributed by atoms with Crippen LogP contribution in [0.1, 0.15) is 47.2 Å². The molecule has 0 aromatic heterocycles. The molecule has 1 aromatic carbocycles. The van der Waals surface area contributed by atoms with Gasteiger partial charge in [0, 0.05) is 12.0 Å². The van der Waals surface area contributed by atoms with E-state index in [1.807, 2.05) is 26.0 Å². The van der Waals surface area contributed by atoms with Crippen molar-refractivity contribution in [2.75, 3.05) is 7.11 Å². The Kier molecular flexibility index (Phi) is 4.25. The van der Waals surface area contributed by atoms with E-state index in [1.165, 1.54) is 0 Å².